The van der Waals surface area contributed by atoms with E-state index in [4.69, 9.17) is 4.74 Å². The molecule has 1 fully saturated rings. The first-order valence-corrected chi connectivity index (χ1v) is 7.87. The summed E-state index contributed by atoms with van der Waals surface area (Å²) < 4.78 is 5.22. The van der Waals surface area contributed by atoms with E-state index in [0.29, 0.717) is 18.6 Å². The van der Waals surface area contributed by atoms with Crippen molar-refractivity contribution in [2.75, 3.05) is 18.1 Å². The largest absolute Gasteiger partial charge is 0.444 e. The lowest BCUT2D eigenvalue weighted by atomic mass is 10.1. The van der Waals surface area contributed by atoms with Gasteiger partial charge in [-0.05, 0) is 39.4 Å². The Labute approximate surface area is 115 Å². The van der Waals surface area contributed by atoms with Gasteiger partial charge in [-0.3, -0.25) is 0 Å². The maximum atomic E-state index is 11.6. The molecule has 0 bridgehead atoms. The summed E-state index contributed by atoms with van der Waals surface area (Å²) in [4.78, 5) is 11.6. The van der Waals surface area contributed by atoms with Gasteiger partial charge in [-0.2, -0.15) is 11.8 Å². The van der Waals surface area contributed by atoms with Crippen molar-refractivity contribution in [3.05, 3.63) is 0 Å². The first-order chi connectivity index (χ1) is 8.40. The minimum atomic E-state index is -0.429. The van der Waals surface area contributed by atoms with Crippen molar-refractivity contribution in [2.24, 2.45) is 0 Å². The van der Waals surface area contributed by atoms with Gasteiger partial charge in [0.25, 0.3) is 0 Å². The Morgan fingerprint density at radius 2 is 2.22 bits per heavy atom. The van der Waals surface area contributed by atoms with Crippen LogP contribution in [-0.4, -0.2) is 41.8 Å². The quantitative estimate of drug-likeness (QED) is 0.808. The standard InChI is InChI=1S/C13H26N2O2S/c1-5-10(15-11-6-7-18-9-11)8-14-12(16)17-13(2,3)4/h10-11,15H,5-9H2,1-4H3,(H,14,16). The zero-order chi connectivity index (χ0) is 13.6. The van der Waals surface area contributed by atoms with Crippen LogP contribution in [0.4, 0.5) is 4.79 Å². The first-order valence-electron chi connectivity index (χ1n) is 6.71. The summed E-state index contributed by atoms with van der Waals surface area (Å²) in [6.07, 6.45) is 1.91. The Bertz CT molecular complexity index is 260. The number of carbonyl (C=O) groups is 1. The van der Waals surface area contributed by atoms with Gasteiger partial charge in [0.2, 0.25) is 0 Å². The van der Waals surface area contributed by atoms with E-state index in [2.05, 4.69) is 17.6 Å². The van der Waals surface area contributed by atoms with Crippen molar-refractivity contribution in [3.8, 4) is 0 Å². The smallest absolute Gasteiger partial charge is 0.407 e. The molecule has 0 aromatic heterocycles. The molecule has 0 radical (unpaired) electrons. The van der Waals surface area contributed by atoms with Crippen molar-refractivity contribution in [3.63, 3.8) is 0 Å². The highest BCUT2D eigenvalue weighted by atomic mass is 32.2. The van der Waals surface area contributed by atoms with Crippen LogP contribution in [0.15, 0.2) is 0 Å². The van der Waals surface area contributed by atoms with Crippen LogP contribution in [-0.2, 0) is 4.74 Å². The third-order valence-corrected chi connectivity index (χ3v) is 3.95. The average molecular weight is 274 g/mol. The molecule has 0 aromatic rings. The topological polar surface area (TPSA) is 50.4 Å². The van der Waals surface area contributed by atoms with E-state index in [1.165, 1.54) is 17.9 Å². The number of alkyl carbamates (subject to hydrolysis) is 1. The lowest BCUT2D eigenvalue weighted by Crippen LogP contribution is -2.46. The van der Waals surface area contributed by atoms with E-state index in [1.54, 1.807) is 0 Å². The summed E-state index contributed by atoms with van der Waals surface area (Å²) in [6.45, 7) is 8.39. The molecule has 0 saturated carbocycles. The molecule has 0 aromatic carbocycles. The third-order valence-electron chi connectivity index (χ3n) is 2.79. The predicted octanol–water partition coefficient (Wildman–Crippen LogP) is 2.38. The fraction of sp³-hybridized carbons (Fsp3) is 0.923. The van der Waals surface area contributed by atoms with Gasteiger partial charge in [0.05, 0.1) is 0 Å². The second-order valence-electron chi connectivity index (χ2n) is 5.72. The molecular weight excluding hydrogens is 248 g/mol. The fourth-order valence-electron chi connectivity index (χ4n) is 1.84. The lowest BCUT2D eigenvalue weighted by molar-refractivity contribution is 0.0521. The van der Waals surface area contributed by atoms with Crippen molar-refractivity contribution in [1.29, 1.82) is 0 Å². The molecule has 0 spiro atoms. The molecule has 1 amide bonds. The Balaban J connectivity index is 2.23. The number of rotatable bonds is 5. The second kappa shape index (κ2) is 7.24. The van der Waals surface area contributed by atoms with Gasteiger partial charge in [-0.1, -0.05) is 6.92 Å². The number of amides is 1. The van der Waals surface area contributed by atoms with Crippen LogP contribution < -0.4 is 10.6 Å². The molecule has 2 atom stereocenters. The molecule has 1 aliphatic rings. The third kappa shape index (κ3) is 6.50. The summed E-state index contributed by atoms with van der Waals surface area (Å²) in [5, 5.41) is 6.43. The zero-order valence-corrected chi connectivity index (χ0v) is 12.7. The van der Waals surface area contributed by atoms with Gasteiger partial charge in [0.1, 0.15) is 5.60 Å². The van der Waals surface area contributed by atoms with Gasteiger partial charge < -0.3 is 15.4 Å². The second-order valence-corrected chi connectivity index (χ2v) is 6.86. The van der Waals surface area contributed by atoms with E-state index in [-0.39, 0.29) is 6.09 Å². The number of hydrogen-bond donors (Lipinski definition) is 2. The molecule has 4 nitrogen and oxygen atoms in total. The summed E-state index contributed by atoms with van der Waals surface area (Å²) in [7, 11) is 0. The van der Waals surface area contributed by atoms with Crippen molar-refractivity contribution < 1.29 is 9.53 Å². The van der Waals surface area contributed by atoms with Gasteiger partial charge in [-0.25, -0.2) is 4.79 Å². The number of hydrogen-bond acceptors (Lipinski definition) is 4. The van der Waals surface area contributed by atoms with Crippen LogP contribution in [0.5, 0.6) is 0 Å². The number of thioether (sulfide) groups is 1. The number of carbonyl (C=O) groups excluding carboxylic acids is 1. The van der Waals surface area contributed by atoms with Gasteiger partial charge >= 0.3 is 6.09 Å². The molecule has 106 valence electrons. The number of ether oxygens (including phenoxy) is 1. The fourth-order valence-corrected chi connectivity index (χ4v) is 3.01. The minimum Gasteiger partial charge on any atom is -0.444 e. The van der Waals surface area contributed by atoms with Gasteiger partial charge in [0, 0.05) is 24.4 Å². The van der Waals surface area contributed by atoms with E-state index in [0.717, 1.165) is 6.42 Å². The molecule has 2 N–H and O–H groups in total. The summed E-state index contributed by atoms with van der Waals surface area (Å²) >= 11 is 1.99. The van der Waals surface area contributed by atoms with Gasteiger partial charge in [-0.15, -0.1) is 0 Å². The predicted molar refractivity (Wildman–Crippen MR) is 77.2 cm³/mol. The van der Waals surface area contributed by atoms with Gasteiger partial charge in [0.15, 0.2) is 0 Å². The van der Waals surface area contributed by atoms with Crippen LogP contribution in [0, 0.1) is 0 Å². The SMILES string of the molecule is CCC(CNC(=O)OC(C)(C)C)NC1CCSC1. The van der Waals surface area contributed by atoms with Crippen LogP contribution >= 0.6 is 11.8 Å². The van der Waals surface area contributed by atoms with Crippen LogP contribution in [0.1, 0.15) is 40.5 Å². The Kier molecular flexibility index (Phi) is 6.29. The zero-order valence-electron chi connectivity index (χ0n) is 11.9. The first kappa shape index (κ1) is 15.6. The van der Waals surface area contributed by atoms with Crippen LogP contribution in [0.25, 0.3) is 0 Å². The molecular formula is C13H26N2O2S. The van der Waals surface area contributed by atoms with E-state index in [9.17, 15) is 4.79 Å². The summed E-state index contributed by atoms with van der Waals surface area (Å²) in [5.74, 6) is 2.43. The van der Waals surface area contributed by atoms with Crippen LogP contribution in [0.3, 0.4) is 0 Å². The van der Waals surface area contributed by atoms with Crippen molar-refractivity contribution >= 4 is 17.9 Å². The lowest BCUT2D eigenvalue weighted by Gasteiger charge is -2.24. The Hall–Kier alpha value is -0.420. The van der Waals surface area contributed by atoms with E-state index in [1.807, 2.05) is 32.5 Å². The monoisotopic (exact) mass is 274 g/mol. The Morgan fingerprint density at radius 1 is 1.50 bits per heavy atom. The molecule has 1 rings (SSSR count). The average Bonchev–Trinajstić information content (AvgIpc) is 2.74. The van der Waals surface area contributed by atoms with E-state index < -0.39 is 5.60 Å². The van der Waals surface area contributed by atoms with Crippen molar-refractivity contribution in [2.45, 2.75) is 58.2 Å². The molecule has 1 heterocycles. The molecule has 2 unspecified atom stereocenters. The normalized spacial score (nSPS) is 21.7. The molecule has 1 saturated heterocycles. The summed E-state index contributed by atoms with van der Waals surface area (Å²) in [6, 6.07) is 0.932. The minimum absolute atomic E-state index is 0.330. The molecule has 18 heavy (non-hydrogen) atoms. The van der Waals surface area contributed by atoms with Crippen molar-refractivity contribution in [1.82, 2.24) is 10.6 Å². The van der Waals surface area contributed by atoms with E-state index >= 15 is 0 Å². The maximum Gasteiger partial charge on any atom is 0.407 e. The molecule has 5 heteroatoms. The highest BCUT2D eigenvalue weighted by Crippen LogP contribution is 2.17. The highest BCUT2D eigenvalue weighted by Gasteiger charge is 2.20. The van der Waals surface area contributed by atoms with Crippen LogP contribution in [0.2, 0.25) is 0 Å². The Morgan fingerprint density at radius 3 is 2.72 bits per heavy atom. The summed E-state index contributed by atoms with van der Waals surface area (Å²) in [5.41, 5.74) is -0.429. The molecule has 0 aliphatic carbocycles. The highest BCUT2D eigenvalue weighted by molar-refractivity contribution is 7.99. The maximum absolute atomic E-state index is 11.6. The number of nitrogens with one attached hydrogen (secondary N) is 2. The molecule has 1 aliphatic heterocycles.